The Morgan fingerprint density at radius 3 is 2.55 bits per heavy atom. The summed E-state index contributed by atoms with van der Waals surface area (Å²) in [6.45, 7) is 2.65. The number of nitrogens with one attached hydrogen (secondary N) is 2. The van der Waals surface area contributed by atoms with Crippen molar-refractivity contribution in [2.45, 2.75) is 16.9 Å². The Balaban J connectivity index is 1.44. The molecule has 3 rings (SSSR count). The summed E-state index contributed by atoms with van der Waals surface area (Å²) in [4.78, 5) is 12.2. The van der Waals surface area contributed by atoms with E-state index in [2.05, 4.69) is 41.2 Å². The molecule has 1 heterocycles. The maximum Gasteiger partial charge on any atom is 0.271 e. The van der Waals surface area contributed by atoms with Crippen molar-refractivity contribution in [3.05, 3.63) is 82.7 Å². The van der Waals surface area contributed by atoms with Crippen molar-refractivity contribution in [3.8, 4) is 0 Å². The number of hydrogen-bond donors (Lipinski definition) is 2. The molecule has 5 nitrogen and oxygen atoms in total. The van der Waals surface area contributed by atoms with Crippen molar-refractivity contribution < 1.29 is 13.2 Å². The van der Waals surface area contributed by atoms with Crippen LogP contribution < -0.4 is 10.0 Å². The molecular formula is C21H22N2O3S3. The molecule has 1 aromatic heterocycles. The molecule has 3 aromatic rings. The molecule has 0 aliphatic rings. The minimum atomic E-state index is -3.58. The summed E-state index contributed by atoms with van der Waals surface area (Å²) in [5, 5.41) is 4.60. The predicted molar refractivity (Wildman–Crippen MR) is 121 cm³/mol. The first kappa shape index (κ1) is 21.4. The van der Waals surface area contributed by atoms with Gasteiger partial charge in [0, 0.05) is 29.3 Å². The van der Waals surface area contributed by atoms with Gasteiger partial charge in [-0.15, -0.1) is 11.3 Å². The molecule has 152 valence electrons. The summed E-state index contributed by atoms with van der Waals surface area (Å²) < 4.78 is 27.2. The fraction of sp³-hybridized carbons (Fsp3) is 0.190. The molecule has 1 amide bonds. The van der Waals surface area contributed by atoms with Gasteiger partial charge in [0.2, 0.25) is 0 Å². The van der Waals surface area contributed by atoms with Gasteiger partial charge in [-0.25, -0.2) is 8.42 Å². The Morgan fingerprint density at radius 2 is 1.86 bits per heavy atom. The number of rotatable bonds is 9. The molecule has 0 unspecified atom stereocenters. The second-order valence-corrected chi connectivity index (χ2v) is 10.4. The molecule has 29 heavy (non-hydrogen) atoms. The smallest absolute Gasteiger partial charge is 0.271 e. The average molecular weight is 447 g/mol. The normalized spacial score (nSPS) is 11.2. The average Bonchev–Trinajstić information content (AvgIpc) is 3.24. The summed E-state index contributed by atoms with van der Waals surface area (Å²) in [7, 11) is -3.58. The highest BCUT2D eigenvalue weighted by molar-refractivity contribution is 7.98. The maximum absolute atomic E-state index is 12.2. The lowest BCUT2D eigenvalue weighted by atomic mass is 10.2. The molecule has 8 heteroatoms. The zero-order valence-corrected chi connectivity index (χ0v) is 18.4. The monoisotopic (exact) mass is 446 g/mol. The summed E-state index contributed by atoms with van der Waals surface area (Å²) in [6.07, 6.45) is 0. The van der Waals surface area contributed by atoms with Crippen LogP contribution in [0.4, 0.5) is 5.69 Å². The first-order chi connectivity index (χ1) is 13.9. The maximum atomic E-state index is 12.2. The van der Waals surface area contributed by atoms with Gasteiger partial charge < -0.3 is 5.32 Å². The molecule has 0 aliphatic carbocycles. The number of sulfonamides is 1. The lowest BCUT2D eigenvalue weighted by Gasteiger charge is -2.08. The number of carbonyl (C=O) groups is 1. The number of thiophene rings is 1. The number of aryl methyl sites for hydroxylation is 1. The molecule has 0 atom stereocenters. The Hall–Kier alpha value is -2.29. The third kappa shape index (κ3) is 6.35. The number of carbonyl (C=O) groups excluding carboxylic acids is 1. The largest absolute Gasteiger partial charge is 0.351 e. The van der Waals surface area contributed by atoms with Gasteiger partial charge in [-0.2, -0.15) is 11.8 Å². The highest BCUT2D eigenvalue weighted by Crippen LogP contribution is 2.20. The first-order valence-corrected chi connectivity index (χ1v) is 12.5. The van der Waals surface area contributed by atoms with E-state index in [0.717, 1.165) is 22.8 Å². The van der Waals surface area contributed by atoms with Crippen LogP contribution in [0.5, 0.6) is 0 Å². The predicted octanol–water partition coefficient (Wildman–Crippen LogP) is 4.52. The van der Waals surface area contributed by atoms with Gasteiger partial charge in [0.05, 0.1) is 0 Å². The Bertz CT molecular complexity index is 1050. The van der Waals surface area contributed by atoms with Crippen molar-refractivity contribution in [1.82, 2.24) is 5.32 Å². The second-order valence-electron chi connectivity index (χ2n) is 6.41. The Morgan fingerprint density at radius 1 is 1.07 bits per heavy atom. The molecule has 0 fully saturated rings. The quantitative estimate of drug-likeness (QED) is 0.474. The molecule has 0 aliphatic heterocycles. The van der Waals surface area contributed by atoms with E-state index in [0.29, 0.717) is 17.8 Å². The van der Waals surface area contributed by atoms with Crippen LogP contribution in [0.1, 0.15) is 21.5 Å². The van der Waals surface area contributed by atoms with Gasteiger partial charge in [-0.05, 0) is 48.2 Å². The van der Waals surface area contributed by atoms with E-state index >= 15 is 0 Å². The van der Waals surface area contributed by atoms with Crippen LogP contribution in [0.3, 0.4) is 0 Å². The van der Waals surface area contributed by atoms with E-state index in [-0.39, 0.29) is 10.1 Å². The highest BCUT2D eigenvalue weighted by atomic mass is 32.2. The van der Waals surface area contributed by atoms with Crippen molar-refractivity contribution in [1.29, 1.82) is 0 Å². The first-order valence-electron chi connectivity index (χ1n) is 9.02. The van der Waals surface area contributed by atoms with Crippen molar-refractivity contribution in [2.24, 2.45) is 0 Å². The van der Waals surface area contributed by atoms with Crippen molar-refractivity contribution in [2.75, 3.05) is 17.0 Å². The number of hydrogen-bond acceptors (Lipinski definition) is 5. The molecule has 2 aromatic carbocycles. The molecule has 0 saturated carbocycles. The van der Waals surface area contributed by atoms with Gasteiger partial charge in [0.1, 0.15) is 4.21 Å². The van der Waals surface area contributed by atoms with Crippen LogP contribution >= 0.6 is 23.1 Å². The Labute approximate surface area is 179 Å². The third-order valence-corrected chi connectivity index (χ3v) is 7.85. The minimum Gasteiger partial charge on any atom is -0.351 e. The fourth-order valence-electron chi connectivity index (χ4n) is 2.64. The van der Waals surface area contributed by atoms with Crippen LogP contribution in [0.25, 0.3) is 0 Å². The SMILES string of the molecule is Cc1cccc(CSCCNC(=O)c2ccc(NS(=O)(=O)c3cccs3)cc2)c1. The lowest BCUT2D eigenvalue weighted by molar-refractivity contribution is 0.0956. The molecule has 2 N–H and O–H groups in total. The van der Waals surface area contributed by atoms with E-state index in [4.69, 9.17) is 0 Å². The van der Waals surface area contributed by atoms with E-state index in [1.807, 2.05) is 0 Å². The van der Waals surface area contributed by atoms with Crippen LogP contribution in [-0.4, -0.2) is 26.6 Å². The topological polar surface area (TPSA) is 75.3 Å². The van der Waals surface area contributed by atoms with Crippen LogP contribution in [0, 0.1) is 6.92 Å². The molecule has 0 saturated heterocycles. The van der Waals surface area contributed by atoms with E-state index in [1.165, 1.54) is 11.1 Å². The summed E-state index contributed by atoms with van der Waals surface area (Å²) in [5.74, 6) is 1.56. The van der Waals surface area contributed by atoms with Crippen molar-refractivity contribution in [3.63, 3.8) is 0 Å². The number of benzene rings is 2. The van der Waals surface area contributed by atoms with Gasteiger partial charge in [-0.1, -0.05) is 35.9 Å². The Kier molecular flexibility index (Phi) is 7.35. The second kappa shape index (κ2) is 9.96. The standard InChI is InChI=1S/C21H22N2O3S3/c1-16-4-2-5-17(14-16)15-27-13-11-22-21(24)18-7-9-19(10-8-18)23-29(25,26)20-6-3-12-28-20/h2-10,12,14,23H,11,13,15H2,1H3,(H,22,24). The zero-order valence-electron chi connectivity index (χ0n) is 15.9. The van der Waals surface area contributed by atoms with Crippen LogP contribution in [-0.2, 0) is 15.8 Å². The minimum absolute atomic E-state index is 0.172. The van der Waals surface area contributed by atoms with Gasteiger partial charge in [0.25, 0.3) is 15.9 Å². The van der Waals surface area contributed by atoms with E-state index in [1.54, 1.807) is 53.5 Å². The van der Waals surface area contributed by atoms with Gasteiger partial charge >= 0.3 is 0 Å². The highest BCUT2D eigenvalue weighted by Gasteiger charge is 2.15. The summed E-state index contributed by atoms with van der Waals surface area (Å²) >= 11 is 2.92. The molecule has 0 spiro atoms. The fourth-order valence-corrected chi connectivity index (χ4v) is 5.50. The molecule has 0 bridgehead atoms. The number of anilines is 1. The molecular weight excluding hydrogens is 424 g/mol. The van der Waals surface area contributed by atoms with Crippen LogP contribution in [0.2, 0.25) is 0 Å². The van der Waals surface area contributed by atoms with Crippen LogP contribution in [0.15, 0.2) is 70.3 Å². The van der Waals surface area contributed by atoms with Gasteiger partial charge in [0.15, 0.2) is 0 Å². The number of thioether (sulfide) groups is 1. The molecule has 0 radical (unpaired) electrons. The summed E-state index contributed by atoms with van der Waals surface area (Å²) in [5.41, 5.74) is 3.44. The van der Waals surface area contributed by atoms with E-state index < -0.39 is 10.0 Å². The third-order valence-electron chi connectivity index (χ3n) is 4.04. The number of amides is 1. The van der Waals surface area contributed by atoms with Gasteiger partial charge in [-0.3, -0.25) is 9.52 Å². The lowest BCUT2D eigenvalue weighted by Crippen LogP contribution is -2.25. The zero-order chi connectivity index (χ0) is 20.7. The van der Waals surface area contributed by atoms with E-state index in [9.17, 15) is 13.2 Å². The summed E-state index contributed by atoms with van der Waals surface area (Å²) in [6, 6.07) is 18.0. The van der Waals surface area contributed by atoms with Crippen molar-refractivity contribution >= 4 is 44.7 Å².